The molecule has 0 spiro atoms. The van der Waals surface area contributed by atoms with E-state index in [2.05, 4.69) is 60.4 Å². The fraction of sp³-hybridized carbons (Fsp3) is 0.111. The highest BCUT2D eigenvalue weighted by Gasteiger charge is 2.00. The van der Waals surface area contributed by atoms with Crippen molar-refractivity contribution in [3.63, 3.8) is 0 Å². The zero-order valence-corrected chi connectivity index (χ0v) is 12.1. The quantitative estimate of drug-likeness (QED) is 0.655. The Bertz CT molecular complexity index is 717. The lowest BCUT2D eigenvalue weighted by Gasteiger charge is -2.01. The molecule has 0 amide bonds. The fourth-order valence-electron chi connectivity index (χ4n) is 2.34. The summed E-state index contributed by atoms with van der Waals surface area (Å²) in [4.78, 5) is 3.45. The molecule has 0 saturated heterocycles. The lowest BCUT2D eigenvalue weighted by molar-refractivity contribution is 1.17. The molecular weight excluding hydrogens is 266 g/mol. The van der Waals surface area contributed by atoms with Gasteiger partial charge >= 0.3 is 0 Å². The Morgan fingerprint density at radius 3 is 2.60 bits per heavy atom. The molecule has 0 aliphatic carbocycles. The number of hydrogen-bond acceptors (Lipinski definition) is 0. The number of H-pyrrole nitrogens is 1. The third kappa shape index (κ3) is 2.78. The molecule has 3 aromatic rings. The van der Waals surface area contributed by atoms with Gasteiger partial charge in [0.25, 0.3) is 0 Å². The second kappa shape index (κ2) is 5.56. The van der Waals surface area contributed by atoms with E-state index in [0.29, 0.717) is 0 Å². The molecule has 0 unspecified atom stereocenters. The average Bonchev–Trinajstić information content (AvgIpc) is 2.88. The lowest BCUT2D eigenvalue weighted by atomic mass is 10.1. The summed E-state index contributed by atoms with van der Waals surface area (Å²) >= 11 is 5.91. The van der Waals surface area contributed by atoms with Gasteiger partial charge in [0.05, 0.1) is 0 Å². The van der Waals surface area contributed by atoms with Crippen molar-refractivity contribution in [1.29, 1.82) is 0 Å². The van der Waals surface area contributed by atoms with E-state index < -0.39 is 0 Å². The first-order valence-electron chi connectivity index (χ1n) is 6.72. The zero-order chi connectivity index (χ0) is 13.9. The van der Waals surface area contributed by atoms with Crippen LogP contribution < -0.4 is 0 Å². The molecule has 3 rings (SSSR count). The van der Waals surface area contributed by atoms with E-state index in [1.165, 1.54) is 27.7 Å². The Morgan fingerprint density at radius 1 is 1.10 bits per heavy atom. The van der Waals surface area contributed by atoms with Crippen LogP contribution in [0.1, 0.15) is 18.2 Å². The van der Waals surface area contributed by atoms with Crippen LogP contribution in [0.25, 0.3) is 16.5 Å². The third-order valence-corrected chi connectivity index (χ3v) is 3.77. The molecule has 0 radical (unpaired) electrons. The average molecular weight is 282 g/mol. The highest BCUT2D eigenvalue weighted by atomic mass is 35.5. The van der Waals surface area contributed by atoms with E-state index in [0.717, 1.165) is 11.4 Å². The van der Waals surface area contributed by atoms with Gasteiger partial charge in [0.15, 0.2) is 0 Å². The monoisotopic (exact) mass is 281 g/mol. The molecule has 1 nitrogen and oxygen atoms in total. The summed E-state index contributed by atoms with van der Waals surface area (Å²) < 4.78 is 0. The lowest BCUT2D eigenvalue weighted by Crippen LogP contribution is -1.84. The summed E-state index contributed by atoms with van der Waals surface area (Å²) in [7, 11) is 0. The van der Waals surface area contributed by atoms with Crippen LogP contribution in [0, 0.1) is 0 Å². The molecule has 0 fully saturated rings. The van der Waals surface area contributed by atoms with E-state index in [4.69, 9.17) is 11.6 Å². The summed E-state index contributed by atoms with van der Waals surface area (Å²) in [6, 6.07) is 18.5. The maximum absolute atomic E-state index is 5.91. The first kappa shape index (κ1) is 13.0. The van der Waals surface area contributed by atoms with Crippen LogP contribution in [0.3, 0.4) is 0 Å². The van der Waals surface area contributed by atoms with Crippen molar-refractivity contribution < 1.29 is 0 Å². The molecule has 0 atom stereocenters. The number of rotatable bonds is 3. The maximum atomic E-state index is 5.91. The van der Waals surface area contributed by atoms with E-state index in [9.17, 15) is 0 Å². The summed E-state index contributed by atoms with van der Waals surface area (Å²) in [5.41, 5.74) is 4.91. The van der Waals surface area contributed by atoms with Gasteiger partial charge in [-0.3, -0.25) is 0 Å². The van der Waals surface area contributed by atoms with Gasteiger partial charge in [0.2, 0.25) is 0 Å². The summed E-state index contributed by atoms with van der Waals surface area (Å²) in [5.74, 6) is 0. The second-order valence-corrected chi connectivity index (χ2v) is 5.42. The Morgan fingerprint density at radius 2 is 1.85 bits per heavy atom. The van der Waals surface area contributed by atoms with Gasteiger partial charge in [-0.2, -0.15) is 0 Å². The van der Waals surface area contributed by atoms with Crippen LogP contribution in [0.2, 0.25) is 5.02 Å². The van der Waals surface area contributed by atoms with Gasteiger partial charge in [-0.15, -0.1) is 0 Å². The van der Waals surface area contributed by atoms with Gasteiger partial charge in [-0.1, -0.05) is 48.0 Å². The molecule has 1 aromatic heterocycles. The SMILES string of the molecule is CC(=CCc1cc2ccccc2[nH]1)c1ccc(Cl)cc1. The predicted molar refractivity (Wildman–Crippen MR) is 87.1 cm³/mol. The van der Waals surface area contributed by atoms with Gasteiger partial charge in [-0.05, 0) is 47.7 Å². The minimum absolute atomic E-state index is 0.775. The smallest absolute Gasteiger partial charge is 0.0456 e. The number of aromatic amines is 1. The third-order valence-electron chi connectivity index (χ3n) is 3.51. The highest BCUT2D eigenvalue weighted by Crippen LogP contribution is 2.19. The maximum Gasteiger partial charge on any atom is 0.0456 e. The fourth-order valence-corrected chi connectivity index (χ4v) is 2.46. The Labute approximate surface area is 123 Å². The summed E-state index contributed by atoms with van der Waals surface area (Å²) in [5, 5.41) is 2.04. The van der Waals surface area contributed by atoms with E-state index in [-0.39, 0.29) is 0 Å². The number of fused-ring (bicyclic) bond motifs is 1. The Balaban J connectivity index is 1.80. The molecule has 0 bridgehead atoms. The van der Waals surface area contributed by atoms with E-state index >= 15 is 0 Å². The topological polar surface area (TPSA) is 15.8 Å². The summed E-state index contributed by atoms with van der Waals surface area (Å²) in [6.45, 7) is 2.13. The summed E-state index contributed by atoms with van der Waals surface area (Å²) in [6.07, 6.45) is 3.15. The van der Waals surface area contributed by atoms with Crippen LogP contribution in [-0.2, 0) is 6.42 Å². The number of allylic oxidation sites excluding steroid dienone is 2. The molecule has 0 aliphatic rings. The van der Waals surface area contributed by atoms with Crippen molar-refractivity contribution in [3.8, 4) is 0 Å². The molecule has 20 heavy (non-hydrogen) atoms. The predicted octanol–water partition coefficient (Wildman–Crippen LogP) is 5.47. The molecule has 2 heteroatoms. The van der Waals surface area contributed by atoms with Gasteiger partial charge in [0.1, 0.15) is 0 Å². The van der Waals surface area contributed by atoms with Crippen LogP contribution in [0.4, 0.5) is 0 Å². The number of benzene rings is 2. The second-order valence-electron chi connectivity index (χ2n) is 4.98. The van der Waals surface area contributed by atoms with Crippen molar-refractivity contribution in [2.45, 2.75) is 13.3 Å². The Kier molecular flexibility index (Phi) is 3.62. The van der Waals surface area contributed by atoms with Crippen LogP contribution in [0.15, 0.2) is 60.7 Å². The Hall–Kier alpha value is -1.99. The number of hydrogen-bond donors (Lipinski definition) is 1. The van der Waals surface area contributed by atoms with Crippen molar-refractivity contribution in [3.05, 3.63) is 77.0 Å². The molecule has 0 saturated carbocycles. The van der Waals surface area contributed by atoms with Gasteiger partial charge in [0, 0.05) is 22.7 Å². The highest BCUT2D eigenvalue weighted by molar-refractivity contribution is 6.30. The van der Waals surface area contributed by atoms with Crippen LogP contribution in [-0.4, -0.2) is 4.98 Å². The molecule has 2 aromatic carbocycles. The standard InChI is InChI=1S/C18H16ClN/c1-13(14-7-9-16(19)10-8-14)6-11-17-12-15-4-2-3-5-18(15)20-17/h2-10,12,20H,11H2,1H3. The molecule has 100 valence electrons. The van der Waals surface area contributed by atoms with Crippen molar-refractivity contribution in [1.82, 2.24) is 4.98 Å². The van der Waals surface area contributed by atoms with Gasteiger partial charge in [-0.25, -0.2) is 0 Å². The minimum Gasteiger partial charge on any atom is -0.358 e. The normalized spacial score (nSPS) is 12.0. The first-order chi connectivity index (χ1) is 9.72. The zero-order valence-electron chi connectivity index (χ0n) is 11.4. The number of halogens is 1. The molecule has 0 aliphatic heterocycles. The van der Waals surface area contributed by atoms with Crippen LogP contribution >= 0.6 is 11.6 Å². The van der Waals surface area contributed by atoms with Crippen LogP contribution in [0.5, 0.6) is 0 Å². The van der Waals surface area contributed by atoms with E-state index in [1.807, 2.05) is 12.1 Å². The number of para-hydroxylation sites is 1. The number of aromatic nitrogens is 1. The molecular formula is C18H16ClN. The number of nitrogens with one attached hydrogen (secondary N) is 1. The largest absolute Gasteiger partial charge is 0.358 e. The first-order valence-corrected chi connectivity index (χ1v) is 7.09. The van der Waals surface area contributed by atoms with Crippen molar-refractivity contribution in [2.75, 3.05) is 0 Å². The minimum atomic E-state index is 0.775. The van der Waals surface area contributed by atoms with E-state index in [1.54, 1.807) is 0 Å². The van der Waals surface area contributed by atoms with Crippen molar-refractivity contribution >= 4 is 28.1 Å². The molecule has 1 heterocycles. The van der Waals surface area contributed by atoms with Crippen molar-refractivity contribution in [2.24, 2.45) is 0 Å². The molecule has 1 N–H and O–H groups in total. The van der Waals surface area contributed by atoms with Gasteiger partial charge < -0.3 is 4.98 Å².